The van der Waals surface area contributed by atoms with Crippen molar-refractivity contribution in [1.29, 1.82) is 0 Å². The lowest BCUT2D eigenvalue weighted by molar-refractivity contribution is 0.398. The molecule has 1 aliphatic rings. The zero-order chi connectivity index (χ0) is 17.7. The highest BCUT2D eigenvalue weighted by molar-refractivity contribution is 5.63. The molecule has 0 radical (unpaired) electrons. The minimum atomic E-state index is 0.267. The molecular weight excluding hydrogens is 290 g/mol. The molecule has 0 heterocycles. The van der Waals surface area contributed by atoms with Crippen LogP contribution in [0.15, 0.2) is 37.1 Å². The molecule has 0 saturated heterocycles. The minimum absolute atomic E-state index is 0.267. The van der Waals surface area contributed by atoms with Gasteiger partial charge in [0.1, 0.15) is 0 Å². The van der Waals surface area contributed by atoms with Crippen molar-refractivity contribution in [1.82, 2.24) is 5.32 Å². The number of aryl methyl sites for hydroxylation is 1. The molecule has 1 nitrogen and oxygen atoms in total. The van der Waals surface area contributed by atoms with E-state index in [9.17, 15) is 0 Å². The van der Waals surface area contributed by atoms with E-state index in [2.05, 4.69) is 64.4 Å². The maximum Gasteiger partial charge on any atom is 0.0406 e. The number of benzene rings is 1. The first-order chi connectivity index (χ1) is 11.4. The van der Waals surface area contributed by atoms with Crippen LogP contribution in [0.25, 0.3) is 6.08 Å². The summed E-state index contributed by atoms with van der Waals surface area (Å²) >= 11 is 0. The molecule has 0 bridgehead atoms. The largest absolute Gasteiger partial charge is 0.385 e. The molecule has 1 heteroatoms. The molecule has 0 amide bonds. The number of hydrogen-bond acceptors (Lipinski definition) is 1. The average molecular weight is 324 g/mol. The van der Waals surface area contributed by atoms with Crippen LogP contribution in [0.2, 0.25) is 0 Å². The first kappa shape index (κ1) is 18.6. The second kappa shape index (κ2) is 7.88. The first-order valence-electron chi connectivity index (χ1n) is 9.17. The Morgan fingerprint density at radius 1 is 1.29 bits per heavy atom. The van der Waals surface area contributed by atoms with Crippen LogP contribution in [0.1, 0.15) is 68.4 Å². The summed E-state index contributed by atoms with van der Waals surface area (Å²) in [5.74, 6) is 0. The van der Waals surface area contributed by atoms with E-state index in [0.717, 1.165) is 25.1 Å². The van der Waals surface area contributed by atoms with E-state index < -0.39 is 0 Å². The molecular formula is C23H33N. The predicted molar refractivity (Wildman–Crippen MR) is 107 cm³/mol. The van der Waals surface area contributed by atoms with Crippen LogP contribution in [-0.4, -0.2) is 0 Å². The first-order valence-corrected chi connectivity index (χ1v) is 9.17. The fraction of sp³-hybridized carbons (Fsp3) is 0.478. The van der Waals surface area contributed by atoms with Crippen molar-refractivity contribution >= 4 is 6.08 Å². The SMILES string of the molecule is C=CCc1cc2c(c(CNC(=C)CC(C)(C)C)c1/C=C\C)CCC2. The maximum atomic E-state index is 4.24. The van der Waals surface area contributed by atoms with E-state index in [4.69, 9.17) is 0 Å². The third-order valence-electron chi connectivity index (χ3n) is 4.60. The lowest BCUT2D eigenvalue weighted by Crippen LogP contribution is -2.19. The fourth-order valence-electron chi connectivity index (χ4n) is 3.73. The standard InChI is InChI=1S/C23H33N/c1-7-10-18-14-19-12-9-13-21(19)22(20(18)11-8-2)16-24-17(3)15-23(4,5)6/h7-8,11,14,24H,1,3,9-10,12-13,15-16H2,2,4-6H3/b11-8-. The van der Waals surface area contributed by atoms with Crippen molar-refractivity contribution < 1.29 is 0 Å². The number of rotatable bonds is 7. The van der Waals surface area contributed by atoms with Crippen LogP contribution in [-0.2, 0) is 25.8 Å². The smallest absolute Gasteiger partial charge is 0.0406 e. The molecule has 130 valence electrons. The van der Waals surface area contributed by atoms with Crippen molar-refractivity contribution in [2.24, 2.45) is 5.41 Å². The van der Waals surface area contributed by atoms with Gasteiger partial charge in [-0.05, 0) is 72.3 Å². The van der Waals surface area contributed by atoms with Gasteiger partial charge < -0.3 is 5.32 Å². The summed E-state index contributed by atoms with van der Waals surface area (Å²) in [4.78, 5) is 0. The second-order valence-corrected chi connectivity index (χ2v) is 8.11. The predicted octanol–water partition coefficient (Wildman–Crippen LogP) is 5.98. The number of fused-ring (bicyclic) bond motifs is 1. The molecule has 1 N–H and O–H groups in total. The Kier molecular flexibility index (Phi) is 6.10. The molecule has 2 rings (SSSR count). The highest BCUT2D eigenvalue weighted by Crippen LogP contribution is 2.32. The molecule has 0 aliphatic heterocycles. The zero-order valence-corrected chi connectivity index (χ0v) is 16.0. The zero-order valence-electron chi connectivity index (χ0n) is 16.0. The number of hydrogen-bond donors (Lipinski definition) is 1. The van der Waals surface area contributed by atoms with Gasteiger partial charge in [0.25, 0.3) is 0 Å². The summed E-state index contributed by atoms with van der Waals surface area (Å²) in [6, 6.07) is 2.41. The Bertz CT molecular complexity index is 641. The van der Waals surface area contributed by atoms with E-state index in [1.807, 2.05) is 6.08 Å². The van der Waals surface area contributed by atoms with Gasteiger partial charge in [-0.1, -0.05) is 51.6 Å². The van der Waals surface area contributed by atoms with Gasteiger partial charge in [0.15, 0.2) is 0 Å². The van der Waals surface area contributed by atoms with Crippen molar-refractivity contribution in [3.63, 3.8) is 0 Å². The monoisotopic (exact) mass is 323 g/mol. The molecule has 24 heavy (non-hydrogen) atoms. The third-order valence-corrected chi connectivity index (χ3v) is 4.60. The summed E-state index contributed by atoms with van der Waals surface area (Å²) in [7, 11) is 0. The topological polar surface area (TPSA) is 12.0 Å². The van der Waals surface area contributed by atoms with E-state index in [-0.39, 0.29) is 5.41 Å². The molecule has 0 saturated carbocycles. The fourth-order valence-corrected chi connectivity index (χ4v) is 3.73. The molecule has 1 aromatic rings. The second-order valence-electron chi connectivity index (χ2n) is 8.11. The van der Waals surface area contributed by atoms with Crippen LogP contribution in [0.3, 0.4) is 0 Å². The lowest BCUT2D eigenvalue weighted by Gasteiger charge is -2.23. The van der Waals surface area contributed by atoms with Crippen LogP contribution in [0.4, 0.5) is 0 Å². The molecule has 0 aromatic heterocycles. The van der Waals surface area contributed by atoms with Crippen LogP contribution in [0, 0.1) is 5.41 Å². The minimum Gasteiger partial charge on any atom is -0.385 e. The van der Waals surface area contributed by atoms with Crippen molar-refractivity contribution in [3.8, 4) is 0 Å². The van der Waals surface area contributed by atoms with Crippen LogP contribution < -0.4 is 5.32 Å². The molecule has 1 aliphatic carbocycles. The van der Waals surface area contributed by atoms with Crippen molar-refractivity contribution in [3.05, 3.63) is 64.9 Å². The van der Waals surface area contributed by atoms with Crippen LogP contribution >= 0.6 is 0 Å². The van der Waals surface area contributed by atoms with Gasteiger partial charge in [0, 0.05) is 12.2 Å². The van der Waals surface area contributed by atoms with Crippen molar-refractivity contribution in [2.75, 3.05) is 0 Å². The highest BCUT2D eigenvalue weighted by Gasteiger charge is 2.20. The van der Waals surface area contributed by atoms with Gasteiger partial charge >= 0.3 is 0 Å². The summed E-state index contributed by atoms with van der Waals surface area (Å²) in [6.45, 7) is 17.9. The van der Waals surface area contributed by atoms with E-state index >= 15 is 0 Å². The number of allylic oxidation sites excluding steroid dienone is 3. The van der Waals surface area contributed by atoms with Crippen molar-refractivity contribution in [2.45, 2.75) is 66.3 Å². The molecule has 1 aromatic carbocycles. The lowest BCUT2D eigenvalue weighted by atomic mass is 9.89. The van der Waals surface area contributed by atoms with Crippen LogP contribution in [0.5, 0.6) is 0 Å². The average Bonchev–Trinajstić information content (AvgIpc) is 2.93. The molecule has 0 fully saturated rings. The van der Waals surface area contributed by atoms with Gasteiger partial charge in [-0.3, -0.25) is 0 Å². The van der Waals surface area contributed by atoms with Gasteiger partial charge in [0.2, 0.25) is 0 Å². The maximum absolute atomic E-state index is 4.24. The van der Waals surface area contributed by atoms with Gasteiger partial charge in [0.05, 0.1) is 0 Å². The number of nitrogens with one attached hydrogen (secondary N) is 1. The van der Waals surface area contributed by atoms with Gasteiger partial charge in [-0.2, -0.15) is 0 Å². The normalized spacial score (nSPS) is 14.0. The van der Waals surface area contributed by atoms with Gasteiger partial charge in [-0.15, -0.1) is 6.58 Å². The highest BCUT2D eigenvalue weighted by atomic mass is 14.9. The Hall–Kier alpha value is -1.76. The Morgan fingerprint density at radius 3 is 2.67 bits per heavy atom. The van der Waals surface area contributed by atoms with Gasteiger partial charge in [-0.25, -0.2) is 0 Å². The van der Waals surface area contributed by atoms with E-state index in [1.165, 1.54) is 36.0 Å². The van der Waals surface area contributed by atoms with E-state index in [0.29, 0.717) is 0 Å². The Morgan fingerprint density at radius 2 is 2.04 bits per heavy atom. The molecule has 0 atom stereocenters. The summed E-state index contributed by atoms with van der Waals surface area (Å²) in [5.41, 5.74) is 8.76. The Labute approximate surface area is 148 Å². The summed E-state index contributed by atoms with van der Waals surface area (Å²) in [5, 5.41) is 3.60. The third kappa shape index (κ3) is 4.63. The van der Waals surface area contributed by atoms with E-state index in [1.54, 1.807) is 11.1 Å². The summed E-state index contributed by atoms with van der Waals surface area (Å²) in [6.07, 6.45) is 12.1. The molecule has 0 unspecified atom stereocenters. The Balaban J connectivity index is 2.33. The quantitative estimate of drug-likeness (QED) is 0.609. The molecule has 0 spiro atoms. The summed E-state index contributed by atoms with van der Waals surface area (Å²) < 4.78 is 0.